The maximum Gasteiger partial charge on any atom is 0.142 e. The number of fused-ring (bicyclic) bond motifs is 1. The van der Waals surface area contributed by atoms with Gasteiger partial charge in [-0.1, -0.05) is 12.1 Å². The van der Waals surface area contributed by atoms with Crippen molar-refractivity contribution in [3.63, 3.8) is 0 Å². The van der Waals surface area contributed by atoms with Crippen LogP contribution in [0.4, 0.5) is 10.2 Å². The number of hydrogen-bond acceptors (Lipinski definition) is 4. The molecule has 0 aliphatic heterocycles. The minimum Gasteiger partial charge on any atom is -0.383 e. The first-order chi connectivity index (χ1) is 11.5. The number of anilines is 1. The second-order valence-electron chi connectivity index (χ2n) is 5.55. The molecule has 0 atom stereocenters. The van der Waals surface area contributed by atoms with Crippen molar-refractivity contribution in [1.29, 1.82) is 10.5 Å². The average molecular weight is 316 g/mol. The maximum atomic E-state index is 13.1. The molecule has 1 aromatic carbocycles. The highest BCUT2D eigenvalue weighted by Gasteiger charge is 2.29. The van der Waals surface area contributed by atoms with Crippen molar-refractivity contribution in [3.05, 3.63) is 63.6 Å². The van der Waals surface area contributed by atoms with Crippen LogP contribution in [0.2, 0.25) is 0 Å². The predicted octanol–water partition coefficient (Wildman–Crippen LogP) is 3.83. The lowest BCUT2D eigenvalue weighted by Gasteiger charge is -2.11. The van der Waals surface area contributed by atoms with Gasteiger partial charge >= 0.3 is 0 Å². The normalized spacial score (nSPS) is 14.5. The molecule has 0 saturated heterocycles. The quantitative estimate of drug-likeness (QED) is 0.866. The minimum atomic E-state index is -0.314. The fraction of sp³-hybridized carbons (Fsp3) is 0.105. The summed E-state index contributed by atoms with van der Waals surface area (Å²) in [6.45, 7) is 3.62. The van der Waals surface area contributed by atoms with Crippen LogP contribution in [0.3, 0.4) is 0 Å². The average Bonchev–Trinajstić information content (AvgIpc) is 2.81. The summed E-state index contributed by atoms with van der Waals surface area (Å²) in [5.41, 5.74) is 10.9. The summed E-state index contributed by atoms with van der Waals surface area (Å²) in [5, 5.41) is 18.8. The molecule has 24 heavy (non-hydrogen) atoms. The van der Waals surface area contributed by atoms with E-state index in [0.717, 1.165) is 22.3 Å². The van der Waals surface area contributed by atoms with E-state index in [1.165, 1.54) is 12.1 Å². The summed E-state index contributed by atoms with van der Waals surface area (Å²) in [6.07, 6.45) is 1.87. The Bertz CT molecular complexity index is 1000. The van der Waals surface area contributed by atoms with Crippen LogP contribution in [0.5, 0.6) is 0 Å². The molecule has 1 heterocycles. The molecule has 1 aliphatic carbocycles. The number of nitrogen functional groups attached to an aromatic ring is 1. The number of nitrogens with zero attached hydrogens (tertiary/aromatic N) is 3. The molecule has 5 heteroatoms. The van der Waals surface area contributed by atoms with Gasteiger partial charge in [0, 0.05) is 5.56 Å². The highest BCUT2D eigenvalue weighted by atomic mass is 19.1. The molecule has 2 aromatic rings. The molecule has 0 unspecified atom stereocenters. The lowest BCUT2D eigenvalue weighted by Crippen LogP contribution is -2.03. The largest absolute Gasteiger partial charge is 0.383 e. The molecule has 1 aromatic heterocycles. The summed E-state index contributed by atoms with van der Waals surface area (Å²) in [4.78, 5) is 4.27. The molecule has 0 radical (unpaired) electrons. The van der Waals surface area contributed by atoms with Gasteiger partial charge in [0.1, 0.15) is 23.8 Å². The first-order valence-electron chi connectivity index (χ1n) is 7.27. The number of hydrogen-bond donors (Lipinski definition) is 1. The fourth-order valence-electron chi connectivity index (χ4n) is 2.92. The highest BCUT2D eigenvalue weighted by Crippen LogP contribution is 2.44. The Morgan fingerprint density at radius 1 is 1.12 bits per heavy atom. The number of benzene rings is 1. The van der Waals surface area contributed by atoms with Crippen LogP contribution in [-0.2, 0) is 0 Å². The molecule has 2 N–H and O–H groups in total. The van der Waals surface area contributed by atoms with Crippen LogP contribution < -0.4 is 5.73 Å². The lowest BCUT2D eigenvalue weighted by atomic mass is 9.95. The summed E-state index contributed by atoms with van der Waals surface area (Å²) >= 11 is 0. The van der Waals surface area contributed by atoms with Gasteiger partial charge in [0.2, 0.25) is 0 Å². The molecule has 0 saturated carbocycles. The first-order valence-corrected chi connectivity index (χ1v) is 7.27. The van der Waals surface area contributed by atoms with Crippen molar-refractivity contribution >= 4 is 23.0 Å². The Labute approximate surface area is 139 Å². The van der Waals surface area contributed by atoms with Gasteiger partial charge in [-0.3, -0.25) is 0 Å². The van der Waals surface area contributed by atoms with Crippen molar-refractivity contribution < 1.29 is 4.39 Å². The van der Waals surface area contributed by atoms with Crippen molar-refractivity contribution in [1.82, 2.24) is 4.98 Å². The smallest absolute Gasteiger partial charge is 0.142 e. The third-order valence-electron chi connectivity index (χ3n) is 4.16. The number of halogens is 1. The summed E-state index contributed by atoms with van der Waals surface area (Å²) in [6, 6.07) is 10.3. The predicted molar refractivity (Wildman–Crippen MR) is 90.6 cm³/mol. The Morgan fingerprint density at radius 2 is 1.79 bits per heavy atom. The van der Waals surface area contributed by atoms with Crippen LogP contribution in [-0.4, -0.2) is 4.98 Å². The van der Waals surface area contributed by atoms with Crippen molar-refractivity contribution in [2.75, 3.05) is 5.73 Å². The zero-order chi connectivity index (χ0) is 17.4. The van der Waals surface area contributed by atoms with E-state index < -0.39 is 0 Å². The molecule has 3 rings (SSSR count). The second-order valence-corrected chi connectivity index (χ2v) is 5.55. The van der Waals surface area contributed by atoms with Gasteiger partial charge in [-0.25, -0.2) is 9.37 Å². The number of pyridine rings is 1. The number of nitrogens with two attached hydrogens (primary N) is 1. The van der Waals surface area contributed by atoms with Crippen molar-refractivity contribution in [2.24, 2.45) is 0 Å². The van der Waals surface area contributed by atoms with Gasteiger partial charge < -0.3 is 5.73 Å². The zero-order valence-corrected chi connectivity index (χ0v) is 13.2. The standard InChI is InChI=1S/C19H13FN4/c1-10-14(7-12-3-5-13(20)6-4-12)17-11(2)16(9-22)19(23)24-18(17)15(10)8-21/h3-7H,1-2H3,(H2,23,24)/b14-7+. The van der Waals surface area contributed by atoms with Gasteiger partial charge in [0.15, 0.2) is 0 Å². The Morgan fingerprint density at radius 3 is 2.38 bits per heavy atom. The molecular weight excluding hydrogens is 303 g/mol. The second kappa shape index (κ2) is 5.64. The summed E-state index contributed by atoms with van der Waals surface area (Å²) in [7, 11) is 0. The van der Waals surface area contributed by atoms with E-state index in [4.69, 9.17) is 5.73 Å². The van der Waals surface area contributed by atoms with Gasteiger partial charge in [-0.05, 0) is 54.3 Å². The van der Waals surface area contributed by atoms with E-state index in [1.807, 2.05) is 13.0 Å². The van der Waals surface area contributed by atoms with E-state index in [-0.39, 0.29) is 11.6 Å². The Kier molecular flexibility index (Phi) is 3.63. The fourth-order valence-corrected chi connectivity index (χ4v) is 2.92. The number of rotatable bonds is 1. The van der Waals surface area contributed by atoms with E-state index in [2.05, 4.69) is 17.1 Å². The zero-order valence-electron chi connectivity index (χ0n) is 13.2. The van der Waals surface area contributed by atoms with Gasteiger partial charge in [0.05, 0.1) is 16.8 Å². The van der Waals surface area contributed by atoms with E-state index >= 15 is 0 Å². The van der Waals surface area contributed by atoms with Crippen LogP contribution in [0, 0.1) is 35.4 Å². The molecule has 0 spiro atoms. The third-order valence-corrected chi connectivity index (χ3v) is 4.16. The molecule has 0 fully saturated rings. The monoisotopic (exact) mass is 316 g/mol. The van der Waals surface area contributed by atoms with E-state index in [1.54, 1.807) is 19.1 Å². The van der Waals surface area contributed by atoms with Crippen molar-refractivity contribution in [3.8, 4) is 12.1 Å². The SMILES string of the molecule is CC1=C(C#N)c2nc(N)c(C#N)c(C)c2/C1=C/c1ccc(F)cc1. The molecule has 1 aliphatic rings. The van der Waals surface area contributed by atoms with Crippen LogP contribution >= 0.6 is 0 Å². The van der Waals surface area contributed by atoms with E-state index in [0.29, 0.717) is 22.4 Å². The third kappa shape index (κ3) is 2.24. The Hall–Kier alpha value is -3.44. The number of aromatic nitrogens is 1. The number of allylic oxidation sites excluding steroid dienone is 3. The van der Waals surface area contributed by atoms with Crippen LogP contribution in [0.25, 0.3) is 17.2 Å². The molecular formula is C19H13FN4. The molecule has 4 nitrogen and oxygen atoms in total. The lowest BCUT2D eigenvalue weighted by molar-refractivity contribution is 0.628. The maximum absolute atomic E-state index is 13.1. The highest BCUT2D eigenvalue weighted by molar-refractivity contribution is 6.08. The van der Waals surface area contributed by atoms with Gasteiger partial charge in [0.25, 0.3) is 0 Å². The molecule has 0 bridgehead atoms. The minimum absolute atomic E-state index is 0.123. The van der Waals surface area contributed by atoms with Gasteiger partial charge in [-0.15, -0.1) is 0 Å². The Balaban J connectivity index is 2.31. The number of nitriles is 2. The van der Waals surface area contributed by atoms with Crippen LogP contribution in [0.15, 0.2) is 29.8 Å². The summed E-state index contributed by atoms with van der Waals surface area (Å²) in [5.74, 6) is -0.191. The van der Waals surface area contributed by atoms with Gasteiger partial charge in [-0.2, -0.15) is 10.5 Å². The van der Waals surface area contributed by atoms with Crippen LogP contribution in [0.1, 0.15) is 34.9 Å². The summed E-state index contributed by atoms with van der Waals surface area (Å²) < 4.78 is 13.1. The first kappa shape index (κ1) is 15.5. The van der Waals surface area contributed by atoms with Crippen molar-refractivity contribution in [2.45, 2.75) is 13.8 Å². The topological polar surface area (TPSA) is 86.5 Å². The molecule has 0 amide bonds. The molecule has 116 valence electrons. The van der Waals surface area contributed by atoms with E-state index in [9.17, 15) is 14.9 Å².